The Balaban J connectivity index is 2.12. The molecule has 0 bridgehead atoms. The molecule has 1 heterocycles. The van der Waals surface area contributed by atoms with Crippen molar-refractivity contribution in [3.05, 3.63) is 48.0 Å². The zero-order valence-corrected chi connectivity index (χ0v) is 13.2. The fraction of sp³-hybridized carbons (Fsp3) is 0.375. The third-order valence-electron chi connectivity index (χ3n) is 3.32. The van der Waals surface area contributed by atoms with Crippen LogP contribution in [0.25, 0.3) is 5.69 Å². The molecule has 2 rings (SSSR count). The molecule has 0 N–H and O–H groups in total. The van der Waals surface area contributed by atoms with Gasteiger partial charge in [-0.1, -0.05) is 0 Å². The Bertz CT molecular complexity index is 620. The lowest BCUT2D eigenvalue weighted by Gasteiger charge is -2.20. The Kier molecular flexibility index (Phi) is 6.25. The zero-order chi connectivity index (χ0) is 16.7. The number of ether oxygens (including phenoxy) is 2. The van der Waals surface area contributed by atoms with Crippen molar-refractivity contribution in [2.45, 2.75) is 0 Å². The van der Waals surface area contributed by atoms with Gasteiger partial charge in [0.15, 0.2) is 5.69 Å². The maximum Gasteiger partial charge on any atom is 0.274 e. The van der Waals surface area contributed by atoms with Crippen molar-refractivity contribution in [1.82, 2.24) is 14.7 Å². The van der Waals surface area contributed by atoms with Gasteiger partial charge < -0.3 is 14.4 Å². The lowest BCUT2D eigenvalue weighted by molar-refractivity contribution is 0.0621. The summed E-state index contributed by atoms with van der Waals surface area (Å²) < 4.78 is 24.6. The molecule has 0 aliphatic carbocycles. The monoisotopic (exact) mass is 321 g/mol. The van der Waals surface area contributed by atoms with Crippen molar-refractivity contribution in [3.8, 4) is 5.69 Å². The van der Waals surface area contributed by atoms with Crippen LogP contribution in [0.5, 0.6) is 0 Å². The molecule has 6 nitrogen and oxygen atoms in total. The minimum Gasteiger partial charge on any atom is -0.383 e. The number of benzene rings is 1. The van der Waals surface area contributed by atoms with Gasteiger partial charge in [-0.3, -0.25) is 4.79 Å². The van der Waals surface area contributed by atoms with Gasteiger partial charge >= 0.3 is 0 Å². The van der Waals surface area contributed by atoms with Crippen molar-refractivity contribution in [3.63, 3.8) is 0 Å². The van der Waals surface area contributed by atoms with E-state index in [1.54, 1.807) is 43.5 Å². The van der Waals surface area contributed by atoms with Gasteiger partial charge in [0.1, 0.15) is 5.82 Å². The number of hydrogen-bond donors (Lipinski definition) is 0. The average molecular weight is 321 g/mol. The number of halogens is 1. The van der Waals surface area contributed by atoms with Gasteiger partial charge in [0.2, 0.25) is 0 Å². The van der Waals surface area contributed by atoms with E-state index in [0.29, 0.717) is 37.7 Å². The van der Waals surface area contributed by atoms with Crippen LogP contribution >= 0.6 is 0 Å². The minimum atomic E-state index is -0.317. The summed E-state index contributed by atoms with van der Waals surface area (Å²) in [6, 6.07) is 7.54. The number of nitrogens with zero attached hydrogens (tertiary/aromatic N) is 3. The number of rotatable bonds is 8. The smallest absolute Gasteiger partial charge is 0.274 e. The van der Waals surface area contributed by atoms with Gasteiger partial charge in [0.05, 0.1) is 18.9 Å². The molecule has 1 aromatic carbocycles. The standard InChI is InChI=1S/C16H20FN3O3/c1-22-11-9-19(10-12-23-2)16(21)15-7-8-20(18-15)14-5-3-13(17)4-6-14/h3-8H,9-12H2,1-2H3. The van der Waals surface area contributed by atoms with Gasteiger partial charge in [-0.2, -0.15) is 5.10 Å². The van der Waals surface area contributed by atoms with E-state index in [1.165, 1.54) is 16.8 Å². The maximum absolute atomic E-state index is 13.0. The Hall–Kier alpha value is -2.25. The van der Waals surface area contributed by atoms with Crippen LogP contribution in [0.2, 0.25) is 0 Å². The highest BCUT2D eigenvalue weighted by atomic mass is 19.1. The fourth-order valence-corrected chi connectivity index (χ4v) is 2.06. The molecule has 0 radical (unpaired) electrons. The molecule has 0 saturated heterocycles. The van der Waals surface area contributed by atoms with Crippen molar-refractivity contribution in [2.24, 2.45) is 0 Å². The summed E-state index contributed by atoms with van der Waals surface area (Å²) in [5.41, 5.74) is 1.01. The van der Waals surface area contributed by atoms with Gasteiger partial charge in [0, 0.05) is 33.5 Å². The minimum absolute atomic E-state index is 0.194. The van der Waals surface area contributed by atoms with Crippen molar-refractivity contribution in [1.29, 1.82) is 0 Å². The van der Waals surface area contributed by atoms with E-state index in [4.69, 9.17) is 9.47 Å². The molecule has 0 aliphatic heterocycles. The third-order valence-corrected chi connectivity index (χ3v) is 3.32. The average Bonchev–Trinajstić information content (AvgIpc) is 3.05. The Labute approximate surface area is 134 Å². The number of methoxy groups -OCH3 is 2. The van der Waals surface area contributed by atoms with E-state index in [2.05, 4.69) is 5.10 Å². The third kappa shape index (κ3) is 4.61. The van der Waals surface area contributed by atoms with Crippen molar-refractivity contribution >= 4 is 5.91 Å². The second kappa shape index (κ2) is 8.40. The van der Waals surface area contributed by atoms with Crippen LogP contribution in [-0.4, -0.2) is 61.1 Å². The number of aromatic nitrogens is 2. The predicted molar refractivity (Wildman–Crippen MR) is 83.2 cm³/mol. The van der Waals surface area contributed by atoms with E-state index in [-0.39, 0.29) is 11.7 Å². The summed E-state index contributed by atoms with van der Waals surface area (Å²) in [4.78, 5) is 14.2. The summed E-state index contributed by atoms with van der Waals surface area (Å²) in [7, 11) is 3.17. The quantitative estimate of drug-likeness (QED) is 0.743. The first-order valence-corrected chi connectivity index (χ1v) is 7.24. The highest BCUT2D eigenvalue weighted by Gasteiger charge is 2.18. The first-order valence-electron chi connectivity index (χ1n) is 7.24. The van der Waals surface area contributed by atoms with Crippen LogP contribution in [0, 0.1) is 5.82 Å². The molecule has 0 saturated carbocycles. The summed E-state index contributed by atoms with van der Waals surface area (Å²) in [5, 5.41) is 4.27. The Morgan fingerprint density at radius 1 is 1.13 bits per heavy atom. The predicted octanol–water partition coefficient (Wildman–Crippen LogP) is 1.75. The molecule has 1 amide bonds. The molecule has 0 unspecified atom stereocenters. The molecule has 7 heteroatoms. The van der Waals surface area contributed by atoms with Crippen LogP contribution in [0.1, 0.15) is 10.5 Å². The van der Waals surface area contributed by atoms with E-state index in [1.807, 2.05) is 0 Å². The van der Waals surface area contributed by atoms with Crippen LogP contribution in [0.15, 0.2) is 36.5 Å². The van der Waals surface area contributed by atoms with Crippen molar-refractivity contribution < 1.29 is 18.7 Å². The zero-order valence-electron chi connectivity index (χ0n) is 13.2. The van der Waals surface area contributed by atoms with Crippen molar-refractivity contribution in [2.75, 3.05) is 40.5 Å². The number of carbonyl (C=O) groups excluding carboxylic acids is 1. The molecule has 23 heavy (non-hydrogen) atoms. The highest BCUT2D eigenvalue weighted by Crippen LogP contribution is 2.10. The van der Waals surface area contributed by atoms with E-state index >= 15 is 0 Å². The van der Waals surface area contributed by atoms with E-state index < -0.39 is 0 Å². The van der Waals surface area contributed by atoms with E-state index in [9.17, 15) is 9.18 Å². The number of amides is 1. The normalized spacial score (nSPS) is 10.7. The Morgan fingerprint density at radius 2 is 1.74 bits per heavy atom. The summed E-state index contributed by atoms with van der Waals surface area (Å²) in [5.74, 6) is -0.512. The summed E-state index contributed by atoms with van der Waals surface area (Å²) in [6.07, 6.45) is 1.67. The van der Waals surface area contributed by atoms with Crippen LogP contribution < -0.4 is 0 Å². The highest BCUT2D eigenvalue weighted by molar-refractivity contribution is 5.92. The molecule has 2 aromatic rings. The molecule has 1 aromatic heterocycles. The lowest BCUT2D eigenvalue weighted by Crippen LogP contribution is -2.36. The molecule has 124 valence electrons. The molecule has 0 atom stereocenters. The summed E-state index contributed by atoms with van der Waals surface area (Å²) >= 11 is 0. The molecular formula is C16H20FN3O3. The summed E-state index contributed by atoms with van der Waals surface area (Å²) in [6.45, 7) is 1.80. The molecule has 0 spiro atoms. The first-order chi connectivity index (χ1) is 11.2. The van der Waals surface area contributed by atoms with Crippen LogP contribution in [-0.2, 0) is 9.47 Å². The number of hydrogen-bond acceptors (Lipinski definition) is 4. The second-order valence-electron chi connectivity index (χ2n) is 4.90. The lowest BCUT2D eigenvalue weighted by atomic mass is 10.3. The Morgan fingerprint density at radius 3 is 2.30 bits per heavy atom. The van der Waals surface area contributed by atoms with Gasteiger partial charge in [0.25, 0.3) is 5.91 Å². The van der Waals surface area contributed by atoms with Crippen LogP contribution in [0.4, 0.5) is 4.39 Å². The van der Waals surface area contributed by atoms with E-state index in [0.717, 1.165) is 0 Å². The molecule has 0 aliphatic rings. The topological polar surface area (TPSA) is 56.6 Å². The van der Waals surface area contributed by atoms with Gasteiger partial charge in [-0.05, 0) is 30.3 Å². The fourth-order valence-electron chi connectivity index (χ4n) is 2.06. The molecule has 0 fully saturated rings. The van der Waals surface area contributed by atoms with Crippen LogP contribution in [0.3, 0.4) is 0 Å². The van der Waals surface area contributed by atoms with Gasteiger partial charge in [-0.15, -0.1) is 0 Å². The largest absolute Gasteiger partial charge is 0.383 e. The second-order valence-corrected chi connectivity index (χ2v) is 4.90. The molecular weight excluding hydrogens is 301 g/mol. The first kappa shape index (κ1) is 17.1. The maximum atomic E-state index is 13.0. The van der Waals surface area contributed by atoms with Gasteiger partial charge in [-0.25, -0.2) is 9.07 Å². The SMILES string of the molecule is COCCN(CCOC)C(=O)c1ccn(-c2ccc(F)cc2)n1. The number of carbonyl (C=O) groups is 1.